The molecule has 1 heterocycles. The second-order valence-corrected chi connectivity index (χ2v) is 4.37. The molecule has 3 atom stereocenters. The Bertz CT molecular complexity index is 208. The van der Waals surface area contributed by atoms with Crippen molar-refractivity contribution >= 4 is 5.97 Å². The highest BCUT2D eigenvalue weighted by Gasteiger charge is 2.25. The smallest absolute Gasteiger partial charge is 0.307 e. The summed E-state index contributed by atoms with van der Waals surface area (Å²) in [6.07, 6.45) is 1.96. The van der Waals surface area contributed by atoms with Crippen molar-refractivity contribution in [2.75, 3.05) is 13.1 Å². The van der Waals surface area contributed by atoms with E-state index >= 15 is 0 Å². The Morgan fingerprint density at radius 1 is 1.71 bits per heavy atom. The van der Waals surface area contributed by atoms with Gasteiger partial charge in [-0.3, -0.25) is 9.69 Å². The predicted molar refractivity (Wildman–Crippen MR) is 55.0 cm³/mol. The quantitative estimate of drug-likeness (QED) is 0.697. The molecule has 0 aromatic heterocycles. The number of piperidine rings is 1. The van der Waals surface area contributed by atoms with Crippen LogP contribution in [0.15, 0.2) is 0 Å². The zero-order chi connectivity index (χ0) is 10.7. The second kappa shape index (κ2) is 4.75. The molecule has 0 aromatic rings. The van der Waals surface area contributed by atoms with Crippen LogP contribution in [0.2, 0.25) is 0 Å². The van der Waals surface area contributed by atoms with E-state index in [1.165, 1.54) is 0 Å². The Balaban J connectivity index is 2.41. The lowest BCUT2D eigenvalue weighted by atomic mass is 9.98. The molecule has 0 radical (unpaired) electrons. The van der Waals surface area contributed by atoms with E-state index in [1.807, 2.05) is 0 Å². The van der Waals surface area contributed by atoms with Crippen LogP contribution < -0.4 is 5.73 Å². The van der Waals surface area contributed by atoms with Crippen molar-refractivity contribution in [1.82, 2.24) is 4.90 Å². The fourth-order valence-electron chi connectivity index (χ4n) is 1.96. The van der Waals surface area contributed by atoms with Gasteiger partial charge in [-0.15, -0.1) is 0 Å². The third-order valence-electron chi connectivity index (χ3n) is 2.98. The van der Waals surface area contributed by atoms with Gasteiger partial charge in [-0.1, -0.05) is 6.92 Å². The number of carboxylic acid groups (broad SMARTS) is 1. The minimum absolute atomic E-state index is 0.285. The van der Waals surface area contributed by atoms with Crippen LogP contribution in [0.4, 0.5) is 0 Å². The van der Waals surface area contributed by atoms with E-state index in [-0.39, 0.29) is 5.92 Å². The van der Waals surface area contributed by atoms with Gasteiger partial charge in [0, 0.05) is 18.6 Å². The maximum Gasteiger partial charge on any atom is 0.307 e. The lowest BCUT2D eigenvalue weighted by Gasteiger charge is -2.37. The summed E-state index contributed by atoms with van der Waals surface area (Å²) < 4.78 is 0. The van der Waals surface area contributed by atoms with Crippen LogP contribution in [-0.4, -0.2) is 41.1 Å². The van der Waals surface area contributed by atoms with Gasteiger partial charge in [0.2, 0.25) is 0 Å². The van der Waals surface area contributed by atoms with Crippen molar-refractivity contribution in [3.8, 4) is 0 Å². The summed E-state index contributed by atoms with van der Waals surface area (Å²) in [6.45, 7) is 5.44. The predicted octanol–water partition coefficient (Wildman–Crippen LogP) is 0.519. The SMILES string of the molecule is CC(CN1CCC(N)CC1C)C(=O)O. The normalized spacial score (nSPS) is 31.4. The Labute approximate surface area is 85.1 Å². The highest BCUT2D eigenvalue weighted by Crippen LogP contribution is 2.17. The van der Waals surface area contributed by atoms with Gasteiger partial charge >= 0.3 is 5.97 Å². The van der Waals surface area contributed by atoms with Gasteiger partial charge in [0.15, 0.2) is 0 Å². The van der Waals surface area contributed by atoms with Crippen LogP contribution in [0.1, 0.15) is 26.7 Å². The molecule has 1 fully saturated rings. The fraction of sp³-hybridized carbons (Fsp3) is 0.900. The number of carbonyl (C=O) groups is 1. The van der Waals surface area contributed by atoms with Crippen molar-refractivity contribution in [2.24, 2.45) is 11.7 Å². The van der Waals surface area contributed by atoms with Crippen molar-refractivity contribution in [1.29, 1.82) is 0 Å². The zero-order valence-electron chi connectivity index (χ0n) is 8.94. The summed E-state index contributed by atoms with van der Waals surface area (Å²) in [5.74, 6) is -1.00. The number of likely N-dealkylation sites (tertiary alicyclic amines) is 1. The van der Waals surface area contributed by atoms with Gasteiger partial charge in [0.1, 0.15) is 0 Å². The van der Waals surface area contributed by atoms with Crippen LogP contribution in [-0.2, 0) is 4.79 Å². The molecule has 1 rings (SSSR count). The minimum atomic E-state index is -0.716. The number of hydrogen-bond donors (Lipinski definition) is 2. The largest absolute Gasteiger partial charge is 0.481 e. The van der Waals surface area contributed by atoms with Crippen LogP contribution in [0, 0.1) is 5.92 Å². The standard InChI is InChI=1S/C10H20N2O2/c1-7(10(13)14)6-12-4-3-9(11)5-8(12)2/h7-9H,3-6,11H2,1-2H3,(H,13,14). The maximum absolute atomic E-state index is 10.7. The van der Waals surface area contributed by atoms with Crippen LogP contribution >= 0.6 is 0 Å². The Morgan fingerprint density at radius 2 is 2.36 bits per heavy atom. The monoisotopic (exact) mass is 200 g/mol. The van der Waals surface area contributed by atoms with Gasteiger partial charge in [0.25, 0.3) is 0 Å². The van der Waals surface area contributed by atoms with Gasteiger partial charge in [-0.2, -0.15) is 0 Å². The summed E-state index contributed by atoms with van der Waals surface area (Å²) in [6, 6.07) is 0.710. The number of nitrogens with zero attached hydrogens (tertiary/aromatic N) is 1. The van der Waals surface area contributed by atoms with E-state index in [9.17, 15) is 4.79 Å². The number of nitrogens with two attached hydrogens (primary N) is 1. The lowest BCUT2D eigenvalue weighted by Crippen LogP contribution is -2.47. The number of carboxylic acids is 1. The molecule has 0 spiro atoms. The Kier molecular flexibility index (Phi) is 3.89. The highest BCUT2D eigenvalue weighted by molar-refractivity contribution is 5.69. The molecule has 4 nitrogen and oxygen atoms in total. The minimum Gasteiger partial charge on any atom is -0.481 e. The number of rotatable bonds is 3. The first-order valence-electron chi connectivity index (χ1n) is 5.23. The topological polar surface area (TPSA) is 66.6 Å². The molecule has 1 aliphatic heterocycles. The molecule has 0 aliphatic carbocycles. The van der Waals surface area contributed by atoms with Gasteiger partial charge in [-0.05, 0) is 26.3 Å². The van der Waals surface area contributed by atoms with E-state index in [0.717, 1.165) is 19.4 Å². The molecule has 0 bridgehead atoms. The average Bonchev–Trinajstić information content (AvgIpc) is 2.09. The fourth-order valence-corrected chi connectivity index (χ4v) is 1.96. The summed E-state index contributed by atoms with van der Waals surface area (Å²) in [5.41, 5.74) is 5.83. The molecule has 82 valence electrons. The lowest BCUT2D eigenvalue weighted by molar-refractivity contribution is -0.142. The van der Waals surface area contributed by atoms with E-state index in [1.54, 1.807) is 6.92 Å². The van der Waals surface area contributed by atoms with E-state index < -0.39 is 5.97 Å². The summed E-state index contributed by atoms with van der Waals surface area (Å²) in [5, 5.41) is 8.80. The van der Waals surface area contributed by atoms with Gasteiger partial charge < -0.3 is 10.8 Å². The van der Waals surface area contributed by atoms with Crippen LogP contribution in [0.5, 0.6) is 0 Å². The van der Waals surface area contributed by atoms with E-state index in [2.05, 4.69) is 11.8 Å². The second-order valence-electron chi connectivity index (χ2n) is 4.37. The molecule has 0 aromatic carbocycles. The third-order valence-corrected chi connectivity index (χ3v) is 2.98. The van der Waals surface area contributed by atoms with E-state index in [4.69, 9.17) is 10.8 Å². The number of hydrogen-bond acceptors (Lipinski definition) is 3. The summed E-state index contributed by atoms with van der Waals surface area (Å²) >= 11 is 0. The first kappa shape index (κ1) is 11.5. The molecule has 4 heteroatoms. The van der Waals surface area contributed by atoms with E-state index in [0.29, 0.717) is 18.6 Å². The molecule has 3 N–H and O–H groups in total. The van der Waals surface area contributed by atoms with Gasteiger partial charge in [0.05, 0.1) is 5.92 Å². The molecule has 3 unspecified atom stereocenters. The summed E-state index contributed by atoms with van der Waals surface area (Å²) in [4.78, 5) is 12.9. The Morgan fingerprint density at radius 3 is 2.86 bits per heavy atom. The Hall–Kier alpha value is -0.610. The van der Waals surface area contributed by atoms with Crippen LogP contribution in [0.25, 0.3) is 0 Å². The van der Waals surface area contributed by atoms with Crippen molar-refractivity contribution in [3.63, 3.8) is 0 Å². The molecular weight excluding hydrogens is 180 g/mol. The highest BCUT2D eigenvalue weighted by atomic mass is 16.4. The number of aliphatic carboxylic acids is 1. The van der Waals surface area contributed by atoms with Crippen molar-refractivity contribution in [2.45, 2.75) is 38.8 Å². The summed E-state index contributed by atoms with van der Waals surface area (Å²) in [7, 11) is 0. The molecule has 1 aliphatic rings. The molecule has 1 saturated heterocycles. The molecular formula is C10H20N2O2. The first-order chi connectivity index (χ1) is 6.50. The van der Waals surface area contributed by atoms with Crippen molar-refractivity contribution < 1.29 is 9.90 Å². The zero-order valence-corrected chi connectivity index (χ0v) is 8.94. The van der Waals surface area contributed by atoms with Crippen molar-refractivity contribution in [3.05, 3.63) is 0 Å². The third kappa shape index (κ3) is 2.96. The molecule has 0 saturated carbocycles. The molecule has 0 amide bonds. The maximum atomic E-state index is 10.7. The average molecular weight is 200 g/mol. The van der Waals surface area contributed by atoms with Crippen LogP contribution in [0.3, 0.4) is 0 Å². The van der Waals surface area contributed by atoms with Gasteiger partial charge in [-0.25, -0.2) is 0 Å². The molecule has 14 heavy (non-hydrogen) atoms. The first-order valence-corrected chi connectivity index (χ1v) is 5.23.